The van der Waals surface area contributed by atoms with Gasteiger partial charge in [-0.25, -0.2) is 4.68 Å². The number of rotatable bonds is 3. The summed E-state index contributed by atoms with van der Waals surface area (Å²) in [5.74, 6) is 0.874. The Hall–Kier alpha value is -1.44. The molecule has 0 aliphatic carbocycles. The van der Waals surface area contributed by atoms with Crippen molar-refractivity contribution in [3.8, 4) is 0 Å². The second-order valence-electron chi connectivity index (χ2n) is 8.07. The van der Waals surface area contributed by atoms with Gasteiger partial charge >= 0.3 is 0 Å². The largest absolute Gasteiger partial charge is 0.366 e. The van der Waals surface area contributed by atoms with Gasteiger partial charge in [-0.05, 0) is 45.0 Å². The third kappa shape index (κ3) is 3.52. The SMILES string of the molecule is CC(C)(c1nnnn1C(C)(C)C)N1CCN(c2c(Cl)cncc2Cl)CC1. The van der Waals surface area contributed by atoms with E-state index in [4.69, 9.17) is 23.2 Å². The zero-order valence-electron chi connectivity index (χ0n) is 15.9. The number of nitrogens with zero attached hydrogens (tertiary/aromatic N) is 7. The van der Waals surface area contributed by atoms with Crippen molar-refractivity contribution in [2.75, 3.05) is 31.1 Å². The summed E-state index contributed by atoms with van der Waals surface area (Å²) in [4.78, 5) is 8.65. The fourth-order valence-electron chi connectivity index (χ4n) is 3.36. The lowest BCUT2D eigenvalue weighted by Crippen LogP contribution is -2.54. The van der Waals surface area contributed by atoms with Crippen molar-refractivity contribution in [1.29, 1.82) is 0 Å². The number of aromatic nitrogens is 5. The summed E-state index contributed by atoms with van der Waals surface area (Å²) < 4.78 is 1.91. The monoisotopic (exact) mass is 397 g/mol. The zero-order valence-corrected chi connectivity index (χ0v) is 17.4. The number of piperazine rings is 1. The fourth-order valence-corrected chi connectivity index (χ4v) is 3.96. The van der Waals surface area contributed by atoms with Crippen LogP contribution in [0, 0.1) is 0 Å². The predicted molar refractivity (Wildman–Crippen MR) is 104 cm³/mol. The maximum absolute atomic E-state index is 6.31. The first-order valence-electron chi connectivity index (χ1n) is 8.70. The van der Waals surface area contributed by atoms with Gasteiger partial charge in [-0.15, -0.1) is 5.10 Å². The van der Waals surface area contributed by atoms with Gasteiger partial charge in [0.25, 0.3) is 0 Å². The number of hydrogen-bond acceptors (Lipinski definition) is 6. The number of anilines is 1. The standard InChI is InChI=1S/C17H25Cl2N7/c1-16(2,3)26-15(21-22-23-26)17(4,5)25-8-6-24(7-9-25)14-12(18)10-20-11-13(14)19/h10-11H,6-9H2,1-5H3. The number of tetrazole rings is 1. The molecule has 0 unspecified atom stereocenters. The van der Waals surface area contributed by atoms with Gasteiger partial charge in [-0.3, -0.25) is 9.88 Å². The molecule has 1 aliphatic heterocycles. The molecular weight excluding hydrogens is 373 g/mol. The van der Waals surface area contributed by atoms with Crippen molar-refractivity contribution >= 4 is 28.9 Å². The van der Waals surface area contributed by atoms with Crippen molar-refractivity contribution in [3.05, 3.63) is 28.3 Å². The number of pyridine rings is 1. The molecule has 0 saturated carbocycles. The third-order valence-corrected chi connectivity index (χ3v) is 5.42. The Bertz CT molecular complexity index is 753. The number of hydrogen-bond donors (Lipinski definition) is 0. The first-order chi connectivity index (χ1) is 12.1. The Morgan fingerprint density at radius 1 is 0.923 bits per heavy atom. The molecular formula is C17H25Cl2N7. The molecule has 9 heteroatoms. The van der Waals surface area contributed by atoms with Crippen LogP contribution in [0.5, 0.6) is 0 Å². The molecule has 2 aromatic heterocycles. The Kier molecular flexibility index (Phi) is 5.16. The van der Waals surface area contributed by atoms with Crippen LogP contribution in [0.4, 0.5) is 5.69 Å². The van der Waals surface area contributed by atoms with Crippen LogP contribution in [-0.2, 0) is 11.1 Å². The zero-order chi connectivity index (χ0) is 19.1. The Morgan fingerprint density at radius 3 is 2.04 bits per heavy atom. The maximum atomic E-state index is 6.31. The van der Waals surface area contributed by atoms with Crippen molar-refractivity contribution < 1.29 is 0 Å². The summed E-state index contributed by atoms with van der Waals surface area (Å²) in [5, 5.41) is 13.6. The van der Waals surface area contributed by atoms with E-state index in [0.717, 1.165) is 37.7 Å². The Balaban J connectivity index is 1.78. The molecule has 0 aromatic carbocycles. The molecule has 0 atom stereocenters. The van der Waals surface area contributed by atoms with Crippen LogP contribution >= 0.6 is 23.2 Å². The van der Waals surface area contributed by atoms with Crippen molar-refractivity contribution in [3.63, 3.8) is 0 Å². The van der Waals surface area contributed by atoms with Gasteiger partial charge in [-0.1, -0.05) is 23.2 Å². The van der Waals surface area contributed by atoms with Crippen LogP contribution in [0.25, 0.3) is 0 Å². The summed E-state index contributed by atoms with van der Waals surface area (Å²) in [6.45, 7) is 14.0. The van der Waals surface area contributed by atoms with E-state index in [2.05, 4.69) is 64.9 Å². The number of halogens is 2. The average Bonchev–Trinajstić information content (AvgIpc) is 3.06. The van der Waals surface area contributed by atoms with E-state index in [0.29, 0.717) is 10.0 Å². The fraction of sp³-hybridized carbons (Fsp3) is 0.647. The van der Waals surface area contributed by atoms with Crippen LogP contribution in [0.1, 0.15) is 40.4 Å². The van der Waals surface area contributed by atoms with E-state index in [9.17, 15) is 0 Å². The highest BCUT2D eigenvalue weighted by atomic mass is 35.5. The highest BCUT2D eigenvalue weighted by molar-refractivity contribution is 6.38. The lowest BCUT2D eigenvalue weighted by Gasteiger charge is -2.44. The van der Waals surface area contributed by atoms with Gasteiger partial charge < -0.3 is 4.90 Å². The molecule has 1 aliphatic rings. The molecule has 1 fully saturated rings. The molecule has 0 bridgehead atoms. The minimum atomic E-state index is -0.283. The van der Waals surface area contributed by atoms with E-state index in [1.807, 2.05) is 4.68 Å². The smallest absolute Gasteiger partial charge is 0.171 e. The van der Waals surface area contributed by atoms with E-state index >= 15 is 0 Å². The van der Waals surface area contributed by atoms with Crippen LogP contribution in [0.15, 0.2) is 12.4 Å². The van der Waals surface area contributed by atoms with Crippen LogP contribution < -0.4 is 4.90 Å². The molecule has 1 saturated heterocycles. The van der Waals surface area contributed by atoms with Crippen LogP contribution in [0.2, 0.25) is 10.0 Å². The van der Waals surface area contributed by atoms with Gasteiger partial charge in [0.2, 0.25) is 0 Å². The maximum Gasteiger partial charge on any atom is 0.171 e. The normalized spacial score (nSPS) is 17.0. The Morgan fingerprint density at radius 2 is 1.50 bits per heavy atom. The van der Waals surface area contributed by atoms with Crippen molar-refractivity contribution in [2.45, 2.75) is 45.7 Å². The molecule has 0 amide bonds. The second kappa shape index (κ2) is 6.94. The van der Waals surface area contributed by atoms with Crippen LogP contribution in [-0.4, -0.2) is 56.3 Å². The van der Waals surface area contributed by atoms with Crippen LogP contribution in [0.3, 0.4) is 0 Å². The second-order valence-corrected chi connectivity index (χ2v) is 8.88. The third-order valence-electron chi connectivity index (χ3n) is 4.87. The topological polar surface area (TPSA) is 63.0 Å². The van der Waals surface area contributed by atoms with E-state index < -0.39 is 0 Å². The highest BCUT2D eigenvalue weighted by Crippen LogP contribution is 2.35. The van der Waals surface area contributed by atoms with Gasteiger partial charge in [0, 0.05) is 38.6 Å². The quantitative estimate of drug-likeness (QED) is 0.792. The average molecular weight is 398 g/mol. The van der Waals surface area contributed by atoms with E-state index in [1.165, 1.54) is 0 Å². The Labute approximate surface area is 164 Å². The summed E-state index contributed by atoms with van der Waals surface area (Å²) in [6, 6.07) is 0. The predicted octanol–water partition coefficient (Wildman–Crippen LogP) is 3.19. The molecule has 2 aromatic rings. The molecule has 0 radical (unpaired) electrons. The first kappa shape index (κ1) is 19.3. The lowest BCUT2D eigenvalue weighted by molar-refractivity contribution is 0.0925. The molecule has 3 heterocycles. The van der Waals surface area contributed by atoms with Gasteiger partial charge in [0.1, 0.15) is 0 Å². The summed E-state index contributed by atoms with van der Waals surface area (Å²) in [6.07, 6.45) is 3.27. The van der Waals surface area contributed by atoms with Gasteiger partial charge in [-0.2, -0.15) is 0 Å². The summed E-state index contributed by atoms with van der Waals surface area (Å²) >= 11 is 12.6. The van der Waals surface area contributed by atoms with Gasteiger partial charge in [0.15, 0.2) is 5.82 Å². The molecule has 26 heavy (non-hydrogen) atoms. The molecule has 142 valence electrons. The highest BCUT2D eigenvalue weighted by Gasteiger charge is 2.38. The molecule has 0 spiro atoms. The van der Waals surface area contributed by atoms with E-state index in [-0.39, 0.29) is 11.1 Å². The summed E-state index contributed by atoms with van der Waals surface area (Å²) in [7, 11) is 0. The van der Waals surface area contributed by atoms with Crippen molar-refractivity contribution in [2.24, 2.45) is 0 Å². The molecule has 3 rings (SSSR count). The molecule has 0 N–H and O–H groups in total. The molecule has 7 nitrogen and oxygen atoms in total. The van der Waals surface area contributed by atoms with Crippen molar-refractivity contribution in [1.82, 2.24) is 30.1 Å². The van der Waals surface area contributed by atoms with E-state index in [1.54, 1.807) is 12.4 Å². The minimum absolute atomic E-state index is 0.171. The van der Waals surface area contributed by atoms with Gasteiger partial charge in [0.05, 0.1) is 26.8 Å². The summed E-state index contributed by atoms with van der Waals surface area (Å²) in [5.41, 5.74) is 0.408. The first-order valence-corrected chi connectivity index (χ1v) is 9.46. The minimum Gasteiger partial charge on any atom is -0.366 e. The lowest BCUT2D eigenvalue weighted by atomic mass is 9.98.